The van der Waals surface area contributed by atoms with Gasteiger partial charge in [-0.3, -0.25) is 4.39 Å². The Hall–Kier alpha value is -0.150. The number of halogens is 1. The second kappa shape index (κ2) is 3.30. The van der Waals surface area contributed by atoms with E-state index in [1.807, 2.05) is 7.05 Å². The van der Waals surface area contributed by atoms with Gasteiger partial charge in [0.1, 0.15) is 0 Å². The predicted octanol–water partition coefficient (Wildman–Crippen LogP) is 0.155. The molecule has 10 heavy (non-hydrogen) atoms. The molecule has 3 heteroatoms. The van der Waals surface area contributed by atoms with Crippen LogP contribution in [0, 0.1) is 5.41 Å². The summed E-state index contributed by atoms with van der Waals surface area (Å²) < 4.78 is 12.5. The second-order valence-corrected chi connectivity index (χ2v) is 3.09. The SMILES string of the molecule is CNC[C@@]1(CF)CCNC1. The summed E-state index contributed by atoms with van der Waals surface area (Å²) in [6.07, 6.45) is 0.963. The van der Waals surface area contributed by atoms with Gasteiger partial charge in [0.2, 0.25) is 0 Å². The lowest BCUT2D eigenvalue weighted by Crippen LogP contribution is -2.36. The zero-order valence-electron chi connectivity index (χ0n) is 6.41. The van der Waals surface area contributed by atoms with Crippen LogP contribution < -0.4 is 10.6 Å². The van der Waals surface area contributed by atoms with Crippen LogP contribution >= 0.6 is 0 Å². The molecule has 1 aliphatic heterocycles. The van der Waals surface area contributed by atoms with Crippen LogP contribution in [0.5, 0.6) is 0 Å². The largest absolute Gasteiger partial charge is 0.319 e. The Kier molecular flexibility index (Phi) is 2.63. The van der Waals surface area contributed by atoms with Crippen molar-refractivity contribution < 1.29 is 4.39 Å². The van der Waals surface area contributed by atoms with Crippen LogP contribution in [0.1, 0.15) is 6.42 Å². The molecule has 2 nitrogen and oxygen atoms in total. The average molecular weight is 146 g/mol. The van der Waals surface area contributed by atoms with Crippen molar-refractivity contribution in [1.82, 2.24) is 10.6 Å². The molecule has 0 bridgehead atoms. The molecule has 0 aromatic heterocycles. The van der Waals surface area contributed by atoms with E-state index >= 15 is 0 Å². The van der Waals surface area contributed by atoms with Crippen LogP contribution in [0.2, 0.25) is 0 Å². The quantitative estimate of drug-likeness (QED) is 0.592. The number of nitrogens with one attached hydrogen (secondary N) is 2. The van der Waals surface area contributed by atoms with Gasteiger partial charge in [0, 0.05) is 18.5 Å². The summed E-state index contributed by atoms with van der Waals surface area (Å²) in [5.74, 6) is 0. The van der Waals surface area contributed by atoms with Gasteiger partial charge in [-0.2, -0.15) is 0 Å². The minimum absolute atomic E-state index is 0.102. The molecule has 1 rings (SSSR count). The summed E-state index contributed by atoms with van der Waals surface area (Å²) in [5, 5.41) is 6.19. The van der Waals surface area contributed by atoms with Crippen LogP contribution in [0.4, 0.5) is 4.39 Å². The van der Waals surface area contributed by atoms with Gasteiger partial charge in [-0.15, -0.1) is 0 Å². The van der Waals surface area contributed by atoms with E-state index in [1.54, 1.807) is 0 Å². The smallest absolute Gasteiger partial charge is 0.0975 e. The molecule has 1 fully saturated rings. The highest BCUT2D eigenvalue weighted by atomic mass is 19.1. The van der Waals surface area contributed by atoms with Crippen molar-refractivity contribution in [1.29, 1.82) is 0 Å². The minimum Gasteiger partial charge on any atom is -0.319 e. The number of alkyl halides is 1. The van der Waals surface area contributed by atoms with Gasteiger partial charge in [-0.25, -0.2) is 0 Å². The highest BCUT2D eigenvalue weighted by Crippen LogP contribution is 2.24. The molecule has 0 spiro atoms. The van der Waals surface area contributed by atoms with Crippen molar-refractivity contribution in [3.8, 4) is 0 Å². The molecule has 1 saturated heterocycles. The van der Waals surface area contributed by atoms with E-state index in [1.165, 1.54) is 0 Å². The first-order valence-corrected chi connectivity index (χ1v) is 3.74. The Morgan fingerprint density at radius 1 is 1.70 bits per heavy atom. The fourth-order valence-corrected chi connectivity index (χ4v) is 1.48. The molecule has 60 valence electrons. The molecular weight excluding hydrogens is 131 g/mol. The van der Waals surface area contributed by atoms with Crippen LogP contribution in [0.15, 0.2) is 0 Å². The van der Waals surface area contributed by atoms with E-state index in [4.69, 9.17) is 0 Å². The summed E-state index contributed by atoms with van der Waals surface area (Å²) in [6, 6.07) is 0. The summed E-state index contributed by atoms with van der Waals surface area (Å²) in [4.78, 5) is 0. The van der Waals surface area contributed by atoms with Gasteiger partial charge in [0.25, 0.3) is 0 Å². The summed E-state index contributed by atoms with van der Waals surface area (Å²) in [7, 11) is 1.87. The molecule has 0 aliphatic carbocycles. The van der Waals surface area contributed by atoms with Crippen LogP contribution in [0.3, 0.4) is 0 Å². The van der Waals surface area contributed by atoms with E-state index in [2.05, 4.69) is 10.6 Å². The standard InChI is InChI=1S/C7H15FN2/c1-9-5-7(4-8)2-3-10-6-7/h9-10H,2-6H2,1H3/t7-/m0/s1. The normalized spacial score (nSPS) is 33.0. The monoisotopic (exact) mass is 146 g/mol. The van der Waals surface area contributed by atoms with Gasteiger partial charge in [-0.1, -0.05) is 0 Å². The molecule has 0 aromatic carbocycles. The Balaban J connectivity index is 2.41. The van der Waals surface area contributed by atoms with Gasteiger partial charge >= 0.3 is 0 Å². The summed E-state index contributed by atoms with van der Waals surface area (Å²) in [5.41, 5.74) is -0.102. The second-order valence-electron chi connectivity index (χ2n) is 3.09. The Labute approximate surface area is 61.2 Å². The zero-order chi connectivity index (χ0) is 7.45. The molecule has 0 aromatic rings. The lowest BCUT2D eigenvalue weighted by atomic mass is 9.89. The Bertz CT molecular complexity index is 99.8. The highest BCUT2D eigenvalue weighted by molar-refractivity contribution is 4.88. The van der Waals surface area contributed by atoms with Crippen molar-refractivity contribution in [2.75, 3.05) is 33.4 Å². The molecule has 1 aliphatic rings. The molecule has 0 radical (unpaired) electrons. The van der Waals surface area contributed by atoms with Gasteiger partial charge in [-0.05, 0) is 20.0 Å². The maximum absolute atomic E-state index is 12.5. The van der Waals surface area contributed by atoms with Crippen molar-refractivity contribution >= 4 is 0 Å². The number of hydrogen-bond donors (Lipinski definition) is 2. The fraction of sp³-hybridized carbons (Fsp3) is 1.00. The van der Waals surface area contributed by atoms with Crippen molar-refractivity contribution in [2.45, 2.75) is 6.42 Å². The molecule has 0 unspecified atom stereocenters. The predicted molar refractivity (Wildman–Crippen MR) is 39.8 cm³/mol. The average Bonchev–Trinajstić information content (AvgIpc) is 2.39. The Morgan fingerprint density at radius 2 is 2.50 bits per heavy atom. The maximum Gasteiger partial charge on any atom is 0.0975 e. The van der Waals surface area contributed by atoms with E-state index in [0.29, 0.717) is 0 Å². The van der Waals surface area contributed by atoms with Crippen molar-refractivity contribution in [3.63, 3.8) is 0 Å². The lowest BCUT2D eigenvalue weighted by Gasteiger charge is -2.23. The summed E-state index contributed by atoms with van der Waals surface area (Å²) in [6.45, 7) is 2.37. The highest BCUT2D eigenvalue weighted by Gasteiger charge is 2.32. The molecule has 2 N–H and O–H groups in total. The van der Waals surface area contributed by atoms with E-state index < -0.39 is 0 Å². The van der Waals surface area contributed by atoms with Gasteiger partial charge in [0.05, 0.1) is 6.67 Å². The third-order valence-corrected chi connectivity index (χ3v) is 2.17. The third-order valence-electron chi connectivity index (χ3n) is 2.17. The number of hydrogen-bond acceptors (Lipinski definition) is 2. The summed E-state index contributed by atoms with van der Waals surface area (Å²) >= 11 is 0. The third kappa shape index (κ3) is 1.47. The molecular formula is C7H15FN2. The zero-order valence-corrected chi connectivity index (χ0v) is 6.41. The maximum atomic E-state index is 12.5. The molecule has 0 saturated carbocycles. The van der Waals surface area contributed by atoms with Crippen LogP contribution in [0.25, 0.3) is 0 Å². The molecule has 0 amide bonds. The minimum atomic E-state index is -0.208. The Morgan fingerprint density at radius 3 is 2.90 bits per heavy atom. The van der Waals surface area contributed by atoms with Gasteiger partial charge < -0.3 is 10.6 Å². The first kappa shape index (κ1) is 7.95. The van der Waals surface area contributed by atoms with Crippen LogP contribution in [-0.2, 0) is 0 Å². The molecule has 1 heterocycles. The van der Waals surface area contributed by atoms with Crippen molar-refractivity contribution in [2.24, 2.45) is 5.41 Å². The lowest BCUT2D eigenvalue weighted by molar-refractivity contribution is 0.227. The van der Waals surface area contributed by atoms with E-state index in [9.17, 15) is 4.39 Å². The molecule has 1 atom stereocenters. The van der Waals surface area contributed by atoms with E-state index in [0.717, 1.165) is 26.1 Å². The topological polar surface area (TPSA) is 24.1 Å². The first-order valence-electron chi connectivity index (χ1n) is 3.74. The fourth-order valence-electron chi connectivity index (χ4n) is 1.48. The number of rotatable bonds is 3. The van der Waals surface area contributed by atoms with Crippen LogP contribution in [-0.4, -0.2) is 33.4 Å². The van der Waals surface area contributed by atoms with Gasteiger partial charge in [0.15, 0.2) is 0 Å². The van der Waals surface area contributed by atoms with E-state index in [-0.39, 0.29) is 12.1 Å². The van der Waals surface area contributed by atoms with Crippen molar-refractivity contribution in [3.05, 3.63) is 0 Å². The first-order chi connectivity index (χ1) is 4.83.